The Kier molecular flexibility index (Phi) is 6.51. The second-order valence-electron chi connectivity index (χ2n) is 6.23. The Morgan fingerprint density at radius 2 is 2.12 bits per heavy atom. The molecule has 1 aliphatic rings. The first-order valence-corrected chi connectivity index (χ1v) is 9.91. The molecule has 0 saturated carbocycles. The number of ether oxygens (including phenoxy) is 1. The molecule has 1 aliphatic heterocycles. The maximum atomic E-state index is 12.3. The fraction of sp³-hybridized carbons (Fsp3) is 0.562. The van der Waals surface area contributed by atoms with Crippen LogP contribution in [-0.4, -0.2) is 50.8 Å². The van der Waals surface area contributed by atoms with E-state index in [1.807, 2.05) is 0 Å². The van der Waals surface area contributed by atoms with Crippen molar-refractivity contribution in [2.24, 2.45) is 5.92 Å². The molecule has 26 heavy (non-hydrogen) atoms. The van der Waals surface area contributed by atoms with Crippen LogP contribution in [0.15, 0.2) is 24.3 Å². The molecule has 6 nitrogen and oxygen atoms in total. The molecular weight excluding hydrogens is 373 g/mol. The molecule has 1 aromatic carbocycles. The third-order valence-corrected chi connectivity index (χ3v) is 5.26. The fourth-order valence-electron chi connectivity index (χ4n) is 2.70. The molecule has 2 rings (SSSR count). The maximum absolute atomic E-state index is 12.3. The van der Waals surface area contributed by atoms with Crippen LogP contribution in [0.2, 0.25) is 0 Å². The van der Waals surface area contributed by atoms with Crippen molar-refractivity contribution in [3.8, 4) is 5.75 Å². The zero-order chi connectivity index (χ0) is 19.4. The highest BCUT2D eigenvalue weighted by molar-refractivity contribution is 7.88. The third kappa shape index (κ3) is 6.49. The van der Waals surface area contributed by atoms with Crippen molar-refractivity contribution in [1.82, 2.24) is 9.62 Å². The van der Waals surface area contributed by atoms with Gasteiger partial charge in [0.25, 0.3) is 0 Å². The van der Waals surface area contributed by atoms with E-state index in [2.05, 4.69) is 10.1 Å². The first-order chi connectivity index (χ1) is 12.0. The van der Waals surface area contributed by atoms with Gasteiger partial charge in [0.05, 0.1) is 12.2 Å². The molecule has 1 aromatic rings. The second kappa shape index (κ2) is 8.26. The average molecular weight is 394 g/mol. The van der Waals surface area contributed by atoms with Gasteiger partial charge in [0.1, 0.15) is 5.75 Å². The van der Waals surface area contributed by atoms with Gasteiger partial charge in [-0.3, -0.25) is 4.79 Å². The van der Waals surface area contributed by atoms with E-state index in [4.69, 9.17) is 0 Å². The van der Waals surface area contributed by atoms with Crippen LogP contribution in [0.5, 0.6) is 5.75 Å². The molecule has 1 unspecified atom stereocenters. The van der Waals surface area contributed by atoms with E-state index >= 15 is 0 Å². The summed E-state index contributed by atoms with van der Waals surface area (Å²) in [5.74, 6) is -0.655. The number of carbonyl (C=O) groups is 1. The molecule has 1 fully saturated rings. The summed E-state index contributed by atoms with van der Waals surface area (Å²) in [4.78, 5) is 12.3. The predicted octanol–water partition coefficient (Wildman–Crippen LogP) is 1.92. The molecular formula is C16H21F3N2O4S. The monoisotopic (exact) mass is 394 g/mol. The summed E-state index contributed by atoms with van der Waals surface area (Å²) >= 11 is 0. The molecule has 1 N–H and O–H groups in total. The Labute approximate surface area is 150 Å². The molecule has 0 bridgehead atoms. The van der Waals surface area contributed by atoms with Gasteiger partial charge in [-0.2, -0.15) is 13.2 Å². The second-order valence-corrected chi connectivity index (χ2v) is 8.21. The van der Waals surface area contributed by atoms with Gasteiger partial charge < -0.3 is 10.1 Å². The number of benzene rings is 1. The summed E-state index contributed by atoms with van der Waals surface area (Å²) in [5.41, 5.74) is 0.591. The van der Waals surface area contributed by atoms with Crippen LogP contribution in [0.3, 0.4) is 0 Å². The minimum absolute atomic E-state index is 0.0648. The van der Waals surface area contributed by atoms with Gasteiger partial charge >= 0.3 is 6.18 Å². The molecule has 0 aliphatic carbocycles. The molecule has 0 spiro atoms. The number of sulfonamides is 1. The van der Waals surface area contributed by atoms with Crippen LogP contribution in [0.25, 0.3) is 0 Å². The number of nitrogens with zero attached hydrogens (tertiary/aromatic N) is 1. The minimum atomic E-state index is -4.42. The van der Waals surface area contributed by atoms with Crippen molar-refractivity contribution in [2.45, 2.75) is 25.6 Å². The number of nitrogens with one attached hydrogen (secondary N) is 1. The molecule has 1 saturated heterocycles. The first-order valence-electron chi connectivity index (χ1n) is 8.06. The van der Waals surface area contributed by atoms with E-state index < -0.39 is 28.7 Å². The van der Waals surface area contributed by atoms with Gasteiger partial charge in [-0.25, -0.2) is 12.7 Å². The van der Waals surface area contributed by atoms with Gasteiger partial charge in [0.2, 0.25) is 15.9 Å². The van der Waals surface area contributed by atoms with Crippen molar-refractivity contribution >= 4 is 15.9 Å². The van der Waals surface area contributed by atoms with Gasteiger partial charge in [-0.15, -0.1) is 0 Å². The molecule has 1 amide bonds. The highest BCUT2D eigenvalue weighted by Crippen LogP contribution is 2.21. The Morgan fingerprint density at radius 1 is 1.38 bits per heavy atom. The van der Waals surface area contributed by atoms with Crippen molar-refractivity contribution in [1.29, 1.82) is 0 Å². The predicted molar refractivity (Wildman–Crippen MR) is 89.0 cm³/mol. The van der Waals surface area contributed by atoms with Crippen LogP contribution in [0, 0.1) is 5.92 Å². The first kappa shape index (κ1) is 20.5. The SMILES string of the molecule is CS(=O)(=O)N1CCCC(C(=O)NCc2cccc(OCC(F)(F)F)c2)C1. The zero-order valence-corrected chi connectivity index (χ0v) is 15.1. The van der Waals surface area contributed by atoms with Crippen molar-refractivity contribution in [3.05, 3.63) is 29.8 Å². The Morgan fingerprint density at radius 3 is 2.77 bits per heavy atom. The largest absolute Gasteiger partial charge is 0.484 e. The van der Waals surface area contributed by atoms with Crippen LogP contribution >= 0.6 is 0 Å². The number of amides is 1. The summed E-state index contributed by atoms with van der Waals surface area (Å²) in [6.07, 6.45) is -2.12. The Balaban J connectivity index is 1.89. The number of piperidine rings is 1. The lowest BCUT2D eigenvalue weighted by Crippen LogP contribution is -2.44. The number of rotatable bonds is 6. The molecule has 10 heteroatoms. The summed E-state index contributed by atoms with van der Waals surface area (Å²) < 4.78 is 65.7. The van der Waals surface area contributed by atoms with E-state index in [-0.39, 0.29) is 24.7 Å². The van der Waals surface area contributed by atoms with Gasteiger partial charge in [-0.1, -0.05) is 12.1 Å². The maximum Gasteiger partial charge on any atom is 0.422 e. The zero-order valence-electron chi connectivity index (χ0n) is 14.3. The van der Waals surface area contributed by atoms with Gasteiger partial charge in [0.15, 0.2) is 6.61 Å². The fourth-order valence-corrected chi connectivity index (χ4v) is 3.61. The lowest BCUT2D eigenvalue weighted by molar-refractivity contribution is -0.153. The lowest BCUT2D eigenvalue weighted by Gasteiger charge is -2.30. The molecule has 0 radical (unpaired) electrons. The molecule has 1 atom stereocenters. The quantitative estimate of drug-likeness (QED) is 0.800. The van der Waals surface area contributed by atoms with Crippen molar-refractivity contribution < 1.29 is 31.1 Å². The number of alkyl halides is 3. The van der Waals surface area contributed by atoms with Crippen LogP contribution in [0.4, 0.5) is 13.2 Å². The number of hydrogen-bond acceptors (Lipinski definition) is 4. The van der Waals surface area contributed by atoms with Crippen molar-refractivity contribution in [3.63, 3.8) is 0 Å². The highest BCUT2D eigenvalue weighted by Gasteiger charge is 2.30. The normalized spacial score (nSPS) is 19.2. The molecule has 0 aromatic heterocycles. The summed E-state index contributed by atoms with van der Waals surface area (Å²) in [5, 5.41) is 2.70. The van der Waals surface area contributed by atoms with Gasteiger partial charge in [0, 0.05) is 19.6 Å². The summed E-state index contributed by atoms with van der Waals surface area (Å²) in [6, 6.07) is 6.03. The average Bonchev–Trinajstić information content (AvgIpc) is 2.57. The van der Waals surface area contributed by atoms with E-state index in [1.54, 1.807) is 12.1 Å². The summed E-state index contributed by atoms with van der Waals surface area (Å²) in [7, 11) is -3.34. The third-order valence-electron chi connectivity index (χ3n) is 3.99. The molecule has 146 valence electrons. The van der Waals surface area contributed by atoms with Crippen LogP contribution in [-0.2, 0) is 21.4 Å². The highest BCUT2D eigenvalue weighted by atomic mass is 32.2. The standard InChI is InChI=1S/C16H21F3N2O4S/c1-26(23,24)21-7-3-5-13(10-21)15(22)20-9-12-4-2-6-14(8-12)25-11-16(17,18)19/h2,4,6,8,13H,3,5,7,9-11H2,1H3,(H,20,22). The van der Waals surface area contributed by atoms with E-state index in [0.29, 0.717) is 24.9 Å². The number of carbonyl (C=O) groups excluding carboxylic acids is 1. The molecule has 1 heterocycles. The van der Waals surface area contributed by atoms with E-state index in [0.717, 1.165) is 6.26 Å². The lowest BCUT2D eigenvalue weighted by atomic mass is 9.99. The van der Waals surface area contributed by atoms with Crippen LogP contribution < -0.4 is 10.1 Å². The summed E-state index contributed by atoms with van der Waals surface area (Å²) in [6.45, 7) is -0.718. The Hall–Kier alpha value is -1.81. The Bertz CT molecular complexity index is 737. The topological polar surface area (TPSA) is 75.7 Å². The van der Waals surface area contributed by atoms with E-state index in [1.165, 1.54) is 16.4 Å². The smallest absolute Gasteiger partial charge is 0.422 e. The van der Waals surface area contributed by atoms with E-state index in [9.17, 15) is 26.4 Å². The number of hydrogen-bond donors (Lipinski definition) is 1. The number of halogens is 3. The van der Waals surface area contributed by atoms with Gasteiger partial charge in [-0.05, 0) is 30.5 Å². The van der Waals surface area contributed by atoms with Crippen LogP contribution in [0.1, 0.15) is 18.4 Å². The van der Waals surface area contributed by atoms with Crippen molar-refractivity contribution in [2.75, 3.05) is 26.0 Å². The minimum Gasteiger partial charge on any atom is -0.484 e.